The minimum absolute atomic E-state index is 0.0828. The molecule has 3 aromatic carbocycles. The number of carbonyl (C=O) groups is 2. The van der Waals surface area contributed by atoms with E-state index in [9.17, 15) is 9.59 Å². The van der Waals surface area contributed by atoms with Crippen molar-refractivity contribution < 1.29 is 14.3 Å². The molecule has 2 aliphatic rings. The highest BCUT2D eigenvalue weighted by Gasteiger charge is 2.40. The predicted octanol–water partition coefficient (Wildman–Crippen LogP) is 7.73. The van der Waals surface area contributed by atoms with Crippen molar-refractivity contribution in [1.29, 1.82) is 0 Å². The molecule has 1 N–H and O–H groups in total. The molecular formula is C36H43Cl2N3O3. The molecular weight excluding hydrogens is 593 g/mol. The number of hydrogen-bond acceptors (Lipinski definition) is 4. The molecule has 0 aromatic heterocycles. The predicted molar refractivity (Wildman–Crippen MR) is 178 cm³/mol. The van der Waals surface area contributed by atoms with Crippen molar-refractivity contribution in [2.75, 3.05) is 45.9 Å². The van der Waals surface area contributed by atoms with Crippen LogP contribution in [0.3, 0.4) is 0 Å². The fourth-order valence-corrected chi connectivity index (χ4v) is 7.40. The van der Waals surface area contributed by atoms with Crippen LogP contribution in [0.4, 0.5) is 4.79 Å². The molecule has 234 valence electrons. The number of halogens is 2. The van der Waals surface area contributed by atoms with Crippen LogP contribution in [0.15, 0.2) is 78.9 Å². The van der Waals surface area contributed by atoms with Crippen molar-refractivity contribution in [2.45, 2.75) is 56.3 Å². The van der Waals surface area contributed by atoms with E-state index in [0.29, 0.717) is 29.7 Å². The molecule has 0 bridgehead atoms. The van der Waals surface area contributed by atoms with Crippen LogP contribution < -0.4 is 5.32 Å². The van der Waals surface area contributed by atoms with Gasteiger partial charge in [-0.15, -0.1) is 0 Å². The second kappa shape index (κ2) is 14.8. The van der Waals surface area contributed by atoms with Crippen LogP contribution in [-0.2, 0) is 15.6 Å². The van der Waals surface area contributed by atoms with E-state index in [-0.39, 0.29) is 22.8 Å². The molecule has 2 amide bonds. The lowest BCUT2D eigenvalue weighted by atomic mass is 9.70. The highest BCUT2D eigenvalue weighted by Crippen LogP contribution is 2.41. The molecule has 0 radical (unpaired) electrons. The summed E-state index contributed by atoms with van der Waals surface area (Å²) in [5, 5.41) is 4.12. The zero-order valence-corrected chi connectivity index (χ0v) is 27.1. The smallest absolute Gasteiger partial charge is 0.407 e. The van der Waals surface area contributed by atoms with E-state index in [2.05, 4.69) is 40.5 Å². The zero-order valence-electron chi connectivity index (χ0n) is 25.6. The standard InChI is InChI=1S/C36H43Cl2N3O3/c1-2-44-34(43)39-26-35(29-13-7-4-8-14-29)19-23-40(24-20-35)21-9-17-36(30-15-16-31(37)32(38)25-30)18-10-22-41(27-36)33(42)28-11-5-3-6-12-28/h3-8,11-16,25H,2,9-10,17-24,26-27H2,1H3,(H,39,43). The number of likely N-dealkylation sites (tertiary alicyclic amines) is 2. The van der Waals surface area contributed by atoms with Gasteiger partial charge in [0.05, 0.1) is 16.7 Å². The summed E-state index contributed by atoms with van der Waals surface area (Å²) in [4.78, 5) is 30.2. The maximum atomic E-state index is 13.5. The van der Waals surface area contributed by atoms with E-state index in [1.807, 2.05) is 60.4 Å². The van der Waals surface area contributed by atoms with Gasteiger partial charge in [0.25, 0.3) is 5.91 Å². The number of hydrogen-bond donors (Lipinski definition) is 1. The fraction of sp³-hybridized carbons (Fsp3) is 0.444. The van der Waals surface area contributed by atoms with Crippen molar-refractivity contribution in [1.82, 2.24) is 15.1 Å². The summed E-state index contributed by atoms with van der Waals surface area (Å²) in [6.45, 7) is 7.05. The van der Waals surface area contributed by atoms with Crippen LogP contribution in [0.1, 0.15) is 66.9 Å². The van der Waals surface area contributed by atoms with Gasteiger partial charge in [0.2, 0.25) is 0 Å². The Morgan fingerprint density at radius 1 is 0.841 bits per heavy atom. The number of rotatable bonds is 10. The molecule has 6 nitrogen and oxygen atoms in total. The number of piperidine rings is 2. The maximum Gasteiger partial charge on any atom is 0.407 e. The van der Waals surface area contributed by atoms with E-state index in [0.717, 1.165) is 75.8 Å². The van der Waals surface area contributed by atoms with Crippen molar-refractivity contribution in [3.05, 3.63) is 106 Å². The highest BCUT2D eigenvalue weighted by molar-refractivity contribution is 6.42. The van der Waals surface area contributed by atoms with Gasteiger partial charge in [-0.25, -0.2) is 4.79 Å². The molecule has 5 rings (SSSR count). The minimum Gasteiger partial charge on any atom is -0.450 e. The zero-order chi connectivity index (χ0) is 31.0. The van der Waals surface area contributed by atoms with Crippen LogP contribution in [0, 0.1) is 0 Å². The van der Waals surface area contributed by atoms with Gasteiger partial charge in [-0.3, -0.25) is 4.79 Å². The number of amides is 2. The van der Waals surface area contributed by atoms with Gasteiger partial charge in [-0.2, -0.15) is 0 Å². The third-order valence-corrected chi connectivity index (χ3v) is 10.3. The van der Waals surface area contributed by atoms with Crippen LogP contribution in [0.25, 0.3) is 0 Å². The van der Waals surface area contributed by atoms with Crippen molar-refractivity contribution >= 4 is 35.2 Å². The molecule has 1 atom stereocenters. The average molecular weight is 637 g/mol. The van der Waals surface area contributed by atoms with Crippen LogP contribution in [0.2, 0.25) is 10.0 Å². The second-order valence-electron chi connectivity index (χ2n) is 12.3. The molecule has 2 saturated heterocycles. The van der Waals surface area contributed by atoms with Gasteiger partial charge in [-0.1, -0.05) is 77.8 Å². The lowest BCUT2D eigenvalue weighted by molar-refractivity contribution is 0.0617. The number of ether oxygens (including phenoxy) is 1. The first-order chi connectivity index (χ1) is 21.3. The monoisotopic (exact) mass is 635 g/mol. The minimum atomic E-state index is -0.356. The highest BCUT2D eigenvalue weighted by atomic mass is 35.5. The molecule has 0 spiro atoms. The Labute approximate surface area is 271 Å². The number of nitrogens with one attached hydrogen (secondary N) is 1. The van der Waals surface area contributed by atoms with E-state index in [1.165, 1.54) is 5.56 Å². The lowest BCUT2D eigenvalue weighted by Crippen LogP contribution is -2.50. The van der Waals surface area contributed by atoms with Crippen molar-refractivity contribution in [3.8, 4) is 0 Å². The summed E-state index contributed by atoms with van der Waals surface area (Å²) in [7, 11) is 0. The molecule has 8 heteroatoms. The van der Waals surface area contributed by atoms with E-state index in [1.54, 1.807) is 0 Å². The summed E-state index contributed by atoms with van der Waals surface area (Å²) in [5.74, 6) is 0.0828. The Balaban J connectivity index is 1.27. The first kappa shape index (κ1) is 32.3. The summed E-state index contributed by atoms with van der Waals surface area (Å²) in [5.41, 5.74) is 2.84. The molecule has 3 aromatic rings. The Bertz CT molecular complexity index is 1400. The second-order valence-corrected chi connectivity index (χ2v) is 13.1. The molecule has 2 heterocycles. The summed E-state index contributed by atoms with van der Waals surface area (Å²) >= 11 is 12.9. The topological polar surface area (TPSA) is 61.9 Å². The van der Waals surface area contributed by atoms with Gasteiger partial charge in [0.1, 0.15) is 0 Å². The van der Waals surface area contributed by atoms with Gasteiger partial charge in [0, 0.05) is 36.0 Å². The van der Waals surface area contributed by atoms with E-state index in [4.69, 9.17) is 27.9 Å². The maximum absolute atomic E-state index is 13.5. The van der Waals surface area contributed by atoms with Crippen LogP contribution >= 0.6 is 23.2 Å². The van der Waals surface area contributed by atoms with Crippen molar-refractivity contribution in [3.63, 3.8) is 0 Å². The average Bonchev–Trinajstić information content (AvgIpc) is 3.06. The van der Waals surface area contributed by atoms with Gasteiger partial charge in [-0.05, 0) is 100 Å². The molecule has 0 aliphatic carbocycles. The number of alkyl carbamates (subject to hydrolysis) is 1. The Morgan fingerprint density at radius 3 is 2.23 bits per heavy atom. The lowest BCUT2D eigenvalue weighted by Gasteiger charge is -2.45. The first-order valence-corrected chi connectivity index (χ1v) is 16.6. The van der Waals surface area contributed by atoms with Crippen LogP contribution in [-0.4, -0.2) is 67.7 Å². The van der Waals surface area contributed by atoms with Gasteiger partial charge in [0.15, 0.2) is 0 Å². The fourth-order valence-electron chi connectivity index (χ4n) is 7.11. The third kappa shape index (κ3) is 7.59. The number of nitrogens with zero attached hydrogens (tertiary/aromatic N) is 2. The quantitative estimate of drug-likeness (QED) is 0.248. The number of carbonyl (C=O) groups excluding carboxylic acids is 2. The van der Waals surface area contributed by atoms with E-state index < -0.39 is 0 Å². The Morgan fingerprint density at radius 2 is 1.55 bits per heavy atom. The van der Waals surface area contributed by atoms with E-state index >= 15 is 0 Å². The number of benzene rings is 3. The largest absolute Gasteiger partial charge is 0.450 e. The summed E-state index contributed by atoms with van der Waals surface area (Å²) < 4.78 is 5.15. The molecule has 44 heavy (non-hydrogen) atoms. The molecule has 2 fully saturated rings. The van der Waals surface area contributed by atoms with Gasteiger partial charge >= 0.3 is 6.09 Å². The van der Waals surface area contributed by atoms with Gasteiger partial charge < -0.3 is 19.9 Å². The normalized spacial score (nSPS) is 20.2. The summed E-state index contributed by atoms with van der Waals surface area (Å²) in [6, 6.07) is 26.1. The third-order valence-electron chi connectivity index (χ3n) is 9.59. The van der Waals surface area contributed by atoms with Crippen molar-refractivity contribution in [2.24, 2.45) is 0 Å². The Kier molecular flexibility index (Phi) is 10.9. The first-order valence-electron chi connectivity index (χ1n) is 15.8. The molecule has 2 aliphatic heterocycles. The summed E-state index contributed by atoms with van der Waals surface area (Å²) in [6.07, 6.45) is 5.46. The molecule has 0 saturated carbocycles. The van der Waals surface area contributed by atoms with Crippen LogP contribution in [0.5, 0.6) is 0 Å². The molecule has 1 unspecified atom stereocenters. The Hall–Kier alpha value is -3.06. The SMILES string of the molecule is CCOC(=O)NCC1(c2ccccc2)CCN(CCCC2(c3ccc(Cl)c(Cl)c3)CCCN(C(=O)c3ccccc3)C2)CC1.